The molecule has 0 fully saturated rings. The largest absolute Gasteiger partial charge is 0.481 e. The zero-order valence-electron chi connectivity index (χ0n) is 18.8. The molecule has 0 aliphatic rings. The van der Waals surface area contributed by atoms with Crippen molar-refractivity contribution in [3.05, 3.63) is 107 Å². The number of rotatable bonds is 12. The Balaban J connectivity index is 1.71. The second-order valence-corrected chi connectivity index (χ2v) is 8.17. The topological polar surface area (TPSA) is 61.4 Å². The summed E-state index contributed by atoms with van der Waals surface area (Å²) in [5.74, 6) is -1.87. The van der Waals surface area contributed by atoms with E-state index in [-0.39, 0.29) is 6.54 Å². The van der Waals surface area contributed by atoms with Gasteiger partial charge in [0, 0.05) is 12.6 Å². The smallest absolute Gasteiger partial charge is 0.416 e. The highest BCUT2D eigenvalue weighted by molar-refractivity contribution is 5.71. The zero-order chi connectivity index (χ0) is 24.4. The van der Waals surface area contributed by atoms with E-state index in [2.05, 4.69) is 10.6 Å². The van der Waals surface area contributed by atoms with Gasteiger partial charge in [-0.15, -0.1) is 0 Å². The number of aliphatic carboxylic acids is 1. The van der Waals surface area contributed by atoms with Crippen molar-refractivity contribution in [1.82, 2.24) is 10.6 Å². The predicted octanol–water partition coefficient (Wildman–Crippen LogP) is 5.11. The van der Waals surface area contributed by atoms with Crippen LogP contribution in [0.5, 0.6) is 0 Å². The minimum absolute atomic E-state index is 0.187. The lowest BCUT2D eigenvalue weighted by Crippen LogP contribution is -2.40. The summed E-state index contributed by atoms with van der Waals surface area (Å²) in [6.07, 6.45) is -3.02. The van der Waals surface area contributed by atoms with Crippen LogP contribution in [0.15, 0.2) is 84.9 Å². The molecular formula is C27H29F3N2O2. The van der Waals surface area contributed by atoms with Gasteiger partial charge in [-0.25, -0.2) is 0 Å². The Hall–Kier alpha value is -3.16. The number of benzene rings is 3. The standard InChI is InChI=1S/C27H29F3N2O2/c28-27(29,30)23-13-11-22(12-14-23)25(32-18-16-21-9-5-2-6-10-21)24(26(33)34)19-31-17-15-20-7-3-1-4-8-20/h1-14,24-25,31-32H,15-19H2,(H,33,34). The van der Waals surface area contributed by atoms with E-state index in [0.29, 0.717) is 25.1 Å². The molecule has 0 amide bonds. The minimum Gasteiger partial charge on any atom is -0.481 e. The molecule has 0 aliphatic carbocycles. The van der Waals surface area contributed by atoms with Gasteiger partial charge in [-0.3, -0.25) is 4.79 Å². The number of carboxylic acid groups (broad SMARTS) is 1. The van der Waals surface area contributed by atoms with E-state index in [0.717, 1.165) is 29.7 Å². The average molecular weight is 471 g/mol. The number of alkyl halides is 3. The molecule has 180 valence electrons. The second-order valence-electron chi connectivity index (χ2n) is 8.17. The molecule has 0 heterocycles. The van der Waals surface area contributed by atoms with Gasteiger partial charge in [0.05, 0.1) is 11.5 Å². The van der Waals surface area contributed by atoms with Crippen LogP contribution in [0.4, 0.5) is 13.2 Å². The van der Waals surface area contributed by atoms with E-state index in [1.54, 1.807) is 0 Å². The maximum atomic E-state index is 13.0. The van der Waals surface area contributed by atoms with E-state index < -0.39 is 29.7 Å². The Kier molecular flexibility index (Phi) is 9.24. The molecular weight excluding hydrogens is 441 g/mol. The zero-order valence-corrected chi connectivity index (χ0v) is 18.8. The van der Waals surface area contributed by atoms with E-state index in [1.807, 2.05) is 60.7 Å². The summed E-state index contributed by atoms with van der Waals surface area (Å²) >= 11 is 0. The second kappa shape index (κ2) is 12.3. The van der Waals surface area contributed by atoms with Crippen LogP contribution in [0, 0.1) is 5.92 Å². The summed E-state index contributed by atoms with van der Waals surface area (Å²) in [5.41, 5.74) is 1.99. The fraction of sp³-hybridized carbons (Fsp3) is 0.296. The van der Waals surface area contributed by atoms with Gasteiger partial charge >= 0.3 is 12.1 Å². The van der Waals surface area contributed by atoms with Gasteiger partial charge in [-0.2, -0.15) is 13.2 Å². The van der Waals surface area contributed by atoms with Crippen LogP contribution in [0.2, 0.25) is 0 Å². The number of carboxylic acids is 1. The molecule has 2 unspecified atom stereocenters. The quantitative estimate of drug-likeness (QED) is 0.322. The highest BCUT2D eigenvalue weighted by Crippen LogP contribution is 2.31. The lowest BCUT2D eigenvalue weighted by atomic mass is 9.91. The highest BCUT2D eigenvalue weighted by atomic mass is 19.4. The lowest BCUT2D eigenvalue weighted by molar-refractivity contribution is -0.143. The van der Waals surface area contributed by atoms with Crippen molar-refractivity contribution in [3.63, 3.8) is 0 Å². The molecule has 34 heavy (non-hydrogen) atoms. The first kappa shape index (κ1) is 25.5. The van der Waals surface area contributed by atoms with Gasteiger partial charge in [0.1, 0.15) is 0 Å². The normalized spacial score (nSPS) is 13.4. The Morgan fingerprint density at radius 1 is 0.794 bits per heavy atom. The van der Waals surface area contributed by atoms with E-state index in [9.17, 15) is 23.1 Å². The molecule has 0 saturated heterocycles. The van der Waals surface area contributed by atoms with Crippen LogP contribution in [-0.4, -0.2) is 30.7 Å². The molecule has 3 rings (SSSR count). The van der Waals surface area contributed by atoms with Crippen LogP contribution in [-0.2, 0) is 23.8 Å². The van der Waals surface area contributed by atoms with Crippen molar-refractivity contribution in [2.75, 3.05) is 19.6 Å². The van der Waals surface area contributed by atoms with Crippen LogP contribution < -0.4 is 10.6 Å². The van der Waals surface area contributed by atoms with E-state index >= 15 is 0 Å². The molecule has 3 aromatic rings. The molecule has 3 N–H and O–H groups in total. The SMILES string of the molecule is O=C(O)C(CNCCc1ccccc1)C(NCCc1ccccc1)c1ccc(C(F)(F)F)cc1. The first-order chi connectivity index (χ1) is 16.3. The summed E-state index contributed by atoms with van der Waals surface area (Å²) in [7, 11) is 0. The summed E-state index contributed by atoms with van der Waals surface area (Å²) in [6.45, 7) is 1.27. The molecule has 0 bridgehead atoms. The van der Waals surface area contributed by atoms with Crippen molar-refractivity contribution in [3.8, 4) is 0 Å². The van der Waals surface area contributed by atoms with Crippen LogP contribution in [0.1, 0.15) is 28.3 Å². The molecule has 2 atom stereocenters. The molecule has 0 spiro atoms. The van der Waals surface area contributed by atoms with Gasteiger partial charge < -0.3 is 15.7 Å². The van der Waals surface area contributed by atoms with E-state index in [4.69, 9.17) is 0 Å². The minimum atomic E-state index is -4.44. The first-order valence-electron chi connectivity index (χ1n) is 11.3. The summed E-state index contributed by atoms with van der Waals surface area (Å²) in [6, 6.07) is 23.7. The van der Waals surface area contributed by atoms with Crippen LogP contribution in [0.3, 0.4) is 0 Å². The van der Waals surface area contributed by atoms with Gasteiger partial charge in [0.2, 0.25) is 0 Å². The van der Waals surface area contributed by atoms with Crippen molar-refractivity contribution >= 4 is 5.97 Å². The summed E-state index contributed by atoms with van der Waals surface area (Å²) in [5, 5.41) is 16.5. The maximum Gasteiger partial charge on any atom is 0.416 e. The van der Waals surface area contributed by atoms with Gasteiger partial charge in [-0.1, -0.05) is 72.8 Å². The van der Waals surface area contributed by atoms with Gasteiger partial charge in [0.25, 0.3) is 0 Å². The Morgan fingerprint density at radius 2 is 1.32 bits per heavy atom. The van der Waals surface area contributed by atoms with Crippen molar-refractivity contribution in [2.24, 2.45) is 5.92 Å². The fourth-order valence-electron chi connectivity index (χ4n) is 3.87. The average Bonchev–Trinajstić information content (AvgIpc) is 2.83. The molecule has 7 heteroatoms. The lowest BCUT2D eigenvalue weighted by Gasteiger charge is -2.26. The van der Waals surface area contributed by atoms with Gasteiger partial charge in [0.15, 0.2) is 0 Å². The van der Waals surface area contributed by atoms with Crippen molar-refractivity contribution < 1.29 is 23.1 Å². The van der Waals surface area contributed by atoms with Gasteiger partial charge in [-0.05, 0) is 54.8 Å². The van der Waals surface area contributed by atoms with Crippen molar-refractivity contribution in [1.29, 1.82) is 0 Å². The monoisotopic (exact) mass is 470 g/mol. The van der Waals surface area contributed by atoms with Crippen LogP contribution >= 0.6 is 0 Å². The molecule has 0 aliphatic heterocycles. The molecule has 0 aromatic heterocycles. The summed E-state index contributed by atoms with van der Waals surface area (Å²) in [4.78, 5) is 12.2. The number of halogens is 3. The maximum absolute atomic E-state index is 13.0. The number of nitrogens with one attached hydrogen (secondary N) is 2. The Bertz CT molecular complexity index is 1010. The number of hydrogen-bond acceptors (Lipinski definition) is 3. The molecule has 0 radical (unpaired) electrons. The third-order valence-corrected chi connectivity index (χ3v) is 5.73. The van der Waals surface area contributed by atoms with Crippen LogP contribution in [0.25, 0.3) is 0 Å². The molecule has 3 aromatic carbocycles. The first-order valence-corrected chi connectivity index (χ1v) is 11.3. The number of hydrogen-bond donors (Lipinski definition) is 3. The van der Waals surface area contributed by atoms with Crippen molar-refractivity contribution in [2.45, 2.75) is 25.1 Å². The third kappa shape index (κ3) is 7.71. The Labute approximate surface area is 197 Å². The highest BCUT2D eigenvalue weighted by Gasteiger charge is 2.32. The third-order valence-electron chi connectivity index (χ3n) is 5.73. The van der Waals surface area contributed by atoms with E-state index in [1.165, 1.54) is 12.1 Å². The number of carbonyl (C=O) groups is 1. The summed E-state index contributed by atoms with van der Waals surface area (Å²) < 4.78 is 39.1. The Morgan fingerprint density at radius 3 is 1.82 bits per heavy atom. The molecule has 4 nitrogen and oxygen atoms in total. The molecule has 0 saturated carbocycles. The fourth-order valence-corrected chi connectivity index (χ4v) is 3.87. The predicted molar refractivity (Wildman–Crippen MR) is 126 cm³/mol.